The zero-order valence-electron chi connectivity index (χ0n) is 24.6. The van der Waals surface area contributed by atoms with Crippen LogP contribution in [-0.4, -0.2) is 47.4 Å². The summed E-state index contributed by atoms with van der Waals surface area (Å²) in [6, 6.07) is 9.81. The highest BCUT2D eigenvalue weighted by Crippen LogP contribution is 2.49. The summed E-state index contributed by atoms with van der Waals surface area (Å²) in [6.45, 7) is 9.94. The molecule has 1 aliphatic heterocycles. The van der Waals surface area contributed by atoms with E-state index in [1.54, 1.807) is 0 Å². The first-order valence-electron chi connectivity index (χ1n) is 14.2. The monoisotopic (exact) mass is 586 g/mol. The number of hydrogen-bond donors (Lipinski definition) is 3. The molecular weight excluding hydrogens is 545 g/mol. The van der Waals surface area contributed by atoms with Gasteiger partial charge in [-0.15, -0.1) is 10.2 Å². The average Bonchev–Trinajstić information content (AvgIpc) is 3.28. The standard InChI is InChI=1S/C27H28F3N3O2.C4H11N.CH2O/c28-20-6-7-21(23(15-20)35-13-3-1-2-12-34)26-22-8-10-27(29,30)24(22)25(32-33-26)18-4-5-19-16-31-11-9-17(19)14-18;1-4(2,3)5;1-2/h4-7,14-15,31,34H,1-3,8-13,16H2;5H2,1-3H3;1H2. The number of ether oxygens (including phenoxy) is 1. The van der Waals surface area contributed by atoms with Crippen molar-refractivity contribution in [2.75, 3.05) is 19.8 Å². The van der Waals surface area contributed by atoms with Crippen molar-refractivity contribution in [2.45, 2.75) is 77.3 Å². The Morgan fingerprint density at radius 3 is 2.45 bits per heavy atom. The molecule has 0 saturated heterocycles. The molecule has 7 nitrogen and oxygen atoms in total. The lowest BCUT2D eigenvalue weighted by atomic mass is 9.93. The molecule has 0 unspecified atom stereocenters. The Morgan fingerprint density at radius 2 is 1.74 bits per heavy atom. The van der Waals surface area contributed by atoms with Gasteiger partial charge in [-0.05, 0) is 94.3 Å². The molecule has 2 aromatic carbocycles. The zero-order chi connectivity index (χ0) is 30.9. The number of fused-ring (bicyclic) bond motifs is 2. The van der Waals surface area contributed by atoms with E-state index >= 15 is 8.78 Å². The number of halogens is 3. The molecule has 0 saturated carbocycles. The van der Waals surface area contributed by atoms with Crippen LogP contribution in [0.15, 0.2) is 36.4 Å². The predicted octanol–water partition coefficient (Wildman–Crippen LogP) is 5.73. The molecule has 5 rings (SSSR count). The first-order valence-corrected chi connectivity index (χ1v) is 14.2. The Kier molecular flexibility index (Phi) is 11.6. The van der Waals surface area contributed by atoms with Crippen molar-refractivity contribution in [3.8, 4) is 28.3 Å². The molecule has 3 aromatic rings. The summed E-state index contributed by atoms with van der Waals surface area (Å²) >= 11 is 0. The van der Waals surface area contributed by atoms with Crippen molar-refractivity contribution in [1.29, 1.82) is 0 Å². The SMILES string of the molecule is C=O.CC(C)(C)N.OCCCCCOc1cc(F)ccc1-c1nnc(-c2ccc3c(c2)CCNC3)c2c1CCC2(F)F. The van der Waals surface area contributed by atoms with Crippen LogP contribution in [0.5, 0.6) is 5.75 Å². The Balaban J connectivity index is 0.000000627. The average molecular weight is 587 g/mol. The van der Waals surface area contributed by atoms with Gasteiger partial charge in [0, 0.05) is 42.3 Å². The highest BCUT2D eigenvalue weighted by atomic mass is 19.3. The number of hydrogen-bond acceptors (Lipinski definition) is 7. The van der Waals surface area contributed by atoms with E-state index in [0.29, 0.717) is 41.8 Å². The van der Waals surface area contributed by atoms with Crippen LogP contribution in [0.4, 0.5) is 13.2 Å². The number of alkyl halides is 2. The molecule has 2 heterocycles. The third kappa shape index (κ3) is 8.59. The van der Waals surface area contributed by atoms with Crippen LogP contribution in [0, 0.1) is 5.82 Å². The highest BCUT2D eigenvalue weighted by molar-refractivity contribution is 5.76. The van der Waals surface area contributed by atoms with Crippen molar-refractivity contribution >= 4 is 6.79 Å². The maximum Gasteiger partial charge on any atom is 0.276 e. The lowest BCUT2D eigenvalue weighted by molar-refractivity contribution is -0.0980. The summed E-state index contributed by atoms with van der Waals surface area (Å²) in [7, 11) is 0. The van der Waals surface area contributed by atoms with Gasteiger partial charge in [0.2, 0.25) is 0 Å². The van der Waals surface area contributed by atoms with Crippen molar-refractivity contribution in [2.24, 2.45) is 5.73 Å². The van der Waals surface area contributed by atoms with Crippen LogP contribution in [0.1, 0.15) is 68.7 Å². The molecule has 4 N–H and O–H groups in total. The molecule has 0 spiro atoms. The molecule has 0 amide bonds. The van der Waals surface area contributed by atoms with Crippen molar-refractivity contribution in [1.82, 2.24) is 15.5 Å². The first-order chi connectivity index (χ1) is 20.0. The minimum atomic E-state index is -3.03. The number of aliphatic hydroxyl groups excluding tert-OH is 1. The van der Waals surface area contributed by atoms with Gasteiger partial charge in [-0.3, -0.25) is 0 Å². The van der Waals surface area contributed by atoms with Gasteiger partial charge in [-0.1, -0.05) is 12.1 Å². The normalized spacial score (nSPS) is 15.0. The number of nitrogens with two attached hydrogens (primary N) is 1. The molecule has 1 aliphatic carbocycles. The quantitative estimate of drug-likeness (QED) is 0.289. The van der Waals surface area contributed by atoms with Crippen molar-refractivity contribution in [3.05, 3.63) is 64.5 Å². The zero-order valence-corrected chi connectivity index (χ0v) is 24.6. The number of rotatable bonds is 8. The fraction of sp³-hybridized carbons (Fsp3) is 0.469. The van der Waals surface area contributed by atoms with Crippen molar-refractivity contribution < 1.29 is 27.8 Å². The maximum absolute atomic E-state index is 15.2. The second-order valence-electron chi connectivity index (χ2n) is 11.5. The Labute approximate surface area is 245 Å². The largest absolute Gasteiger partial charge is 0.493 e. The van der Waals surface area contributed by atoms with Gasteiger partial charge >= 0.3 is 0 Å². The van der Waals surface area contributed by atoms with Gasteiger partial charge in [0.25, 0.3) is 5.92 Å². The van der Waals surface area contributed by atoms with E-state index in [0.717, 1.165) is 31.5 Å². The smallest absolute Gasteiger partial charge is 0.276 e. The molecule has 0 radical (unpaired) electrons. The number of aliphatic hydroxyl groups is 1. The Bertz CT molecular complexity index is 1340. The molecule has 10 heteroatoms. The Hall–Kier alpha value is -3.34. The van der Waals surface area contributed by atoms with Crippen LogP contribution >= 0.6 is 0 Å². The van der Waals surface area contributed by atoms with E-state index in [1.807, 2.05) is 45.8 Å². The summed E-state index contributed by atoms with van der Waals surface area (Å²) in [5.41, 5.74) is 9.63. The fourth-order valence-corrected chi connectivity index (χ4v) is 4.94. The number of nitrogens with zero attached hydrogens (tertiary/aromatic N) is 2. The van der Waals surface area contributed by atoms with E-state index in [1.165, 1.54) is 23.8 Å². The van der Waals surface area contributed by atoms with Gasteiger partial charge in [0.05, 0.1) is 12.2 Å². The lowest BCUT2D eigenvalue weighted by Crippen LogP contribution is -2.26. The van der Waals surface area contributed by atoms with E-state index in [4.69, 9.17) is 20.4 Å². The molecule has 42 heavy (non-hydrogen) atoms. The number of nitrogens with one attached hydrogen (secondary N) is 1. The van der Waals surface area contributed by atoms with Crippen LogP contribution < -0.4 is 15.8 Å². The second-order valence-corrected chi connectivity index (χ2v) is 11.5. The minimum absolute atomic E-state index is 0. The fourth-order valence-electron chi connectivity index (χ4n) is 4.94. The minimum Gasteiger partial charge on any atom is -0.493 e. The number of unbranched alkanes of at least 4 members (excludes halogenated alkanes) is 2. The number of carbonyl (C=O) groups excluding carboxylic acids is 1. The first kappa shape index (κ1) is 33.2. The molecule has 2 aliphatic rings. The van der Waals surface area contributed by atoms with Gasteiger partial charge in [0.1, 0.15) is 29.7 Å². The Morgan fingerprint density at radius 1 is 1.02 bits per heavy atom. The highest BCUT2D eigenvalue weighted by Gasteiger charge is 2.44. The predicted molar refractivity (Wildman–Crippen MR) is 158 cm³/mol. The van der Waals surface area contributed by atoms with Gasteiger partial charge in [-0.25, -0.2) is 13.2 Å². The van der Waals surface area contributed by atoms with Crippen LogP contribution in [0.25, 0.3) is 22.5 Å². The van der Waals surface area contributed by atoms with Crippen LogP contribution in [0.2, 0.25) is 0 Å². The molecule has 0 atom stereocenters. The topological polar surface area (TPSA) is 110 Å². The van der Waals surface area contributed by atoms with Gasteiger partial charge in [0.15, 0.2) is 0 Å². The van der Waals surface area contributed by atoms with E-state index in [-0.39, 0.29) is 42.0 Å². The maximum atomic E-state index is 15.2. The van der Waals surface area contributed by atoms with Crippen molar-refractivity contribution in [3.63, 3.8) is 0 Å². The summed E-state index contributed by atoms with van der Waals surface area (Å²) in [5.74, 6) is -3.25. The van der Waals surface area contributed by atoms with E-state index in [2.05, 4.69) is 15.5 Å². The molecule has 228 valence electrons. The van der Waals surface area contributed by atoms with E-state index in [9.17, 15) is 4.39 Å². The summed E-state index contributed by atoms with van der Waals surface area (Å²) in [6.07, 6.45) is 2.79. The van der Waals surface area contributed by atoms with Gasteiger partial charge in [-0.2, -0.15) is 0 Å². The third-order valence-electron chi connectivity index (χ3n) is 6.75. The third-order valence-corrected chi connectivity index (χ3v) is 6.75. The summed E-state index contributed by atoms with van der Waals surface area (Å²) in [4.78, 5) is 8.00. The summed E-state index contributed by atoms with van der Waals surface area (Å²) < 4.78 is 50.3. The molecule has 0 fully saturated rings. The van der Waals surface area contributed by atoms with Gasteiger partial charge < -0.3 is 25.7 Å². The van der Waals surface area contributed by atoms with E-state index < -0.39 is 11.7 Å². The van der Waals surface area contributed by atoms with Crippen LogP contribution in [0.3, 0.4) is 0 Å². The number of aromatic nitrogens is 2. The lowest BCUT2D eigenvalue weighted by Gasteiger charge is -2.20. The number of carbonyl (C=O) groups is 1. The molecule has 0 bridgehead atoms. The number of benzene rings is 2. The second kappa shape index (κ2) is 14.7. The molecular formula is C32H41F3N4O3. The van der Waals surface area contributed by atoms with Crippen LogP contribution in [-0.2, 0) is 30.1 Å². The summed E-state index contributed by atoms with van der Waals surface area (Å²) in [5, 5.41) is 20.9. The molecule has 1 aromatic heterocycles.